The van der Waals surface area contributed by atoms with E-state index in [4.69, 9.17) is 5.14 Å². The lowest BCUT2D eigenvalue weighted by Gasteiger charge is -2.34. The van der Waals surface area contributed by atoms with E-state index >= 15 is 0 Å². The number of nitrogens with two attached hydrogens (primary N) is 1. The van der Waals surface area contributed by atoms with E-state index in [9.17, 15) is 18.0 Å². The lowest BCUT2D eigenvalue weighted by molar-refractivity contribution is -0.133. The van der Waals surface area contributed by atoms with Crippen LogP contribution >= 0.6 is 0 Å². The third kappa shape index (κ3) is 4.68. The molecule has 1 atom stereocenters. The standard InChI is InChI=1S/C19H27N3O4S/c1-13(2)17-12-21(10-9-18(23)22(17)11-14-3-4-14)19(24)15-5-7-16(8-6-15)27(20,25)26/h5-8,13-14,17H,3-4,9-12H2,1-2H3,(H2,20,25,26)/t17-/m1/s1. The molecule has 0 bridgehead atoms. The Kier molecular flexibility index (Phi) is 5.58. The molecule has 27 heavy (non-hydrogen) atoms. The van der Waals surface area contributed by atoms with E-state index in [1.807, 2.05) is 4.90 Å². The molecule has 1 heterocycles. The van der Waals surface area contributed by atoms with Crippen LogP contribution in [0.1, 0.15) is 43.5 Å². The number of sulfonamides is 1. The average Bonchev–Trinajstić information content (AvgIpc) is 3.43. The summed E-state index contributed by atoms with van der Waals surface area (Å²) >= 11 is 0. The highest BCUT2D eigenvalue weighted by atomic mass is 32.2. The number of hydrogen-bond donors (Lipinski definition) is 1. The van der Waals surface area contributed by atoms with Gasteiger partial charge in [-0.05, 0) is 48.9 Å². The number of benzene rings is 1. The Labute approximate surface area is 160 Å². The van der Waals surface area contributed by atoms with Crippen LogP contribution in [0.15, 0.2) is 29.2 Å². The summed E-state index contributed by atoms with van der Waals surface area (Å²) in [6, 6.07) is 5.62. The van der Waals surface area contributed by atoms with Crippen LogP contribution in [0.5, 0.6) is 0 Å². The molecule has 2 amide bonds. The molecule has 1 aromatic carbocycles. The number of carbonyl (C=O) groups is 2. The van der Waals surface area contributed by atoms with Gasteiger partial charge in [-0.2, -0.15) is 0 Å². The molecule has 2 fully saturated rings. The van der Waals surface area contributed by atoms with Crippen LogP contribution < -0.4 is 5.14 Å². The third-order valence-corrected chi connectivity index (χ3v) is 6.29. The Morgan fingerprint density at radius 1 is 1.22 bits per heavy atom. The van der Waals surface area contributed by atoms with Crippen LogP contribution in [-0.4, -0.2) is 55.7 Å². The molecule has 3 rings (SSSR count). The maximum atomic E-state index is 12.9. The van der Waals surface area contributed by atoms with Crippen LogP contribution in [-0.2, 0) is 14.8 Å². The smallest absolute Gasteiger partial charge is 0.253 e. The van der Waals surface area contributed by atoms with E-state index < -0.39 is 10.0 Å². The largest absolute Gasteiger partial charge is 0.337 e. The molecule has 1 saturated heterocycles. The van der Waals surface area contributed by atoms with Gasteiger partial charge < -0.3 is 9.80 Å². The van der Waals surface area contributed by atoms with E-state index in [2.05, 4.69) is 13.8 Å². The van der Waals surface area contributed by atoms with Gasteiger partial charge >= 0.3 is 0 Å². The van der Waals surface area contributed by atoms with E-state index in [0.29, 0.717) is 31.0 Å². The van der Waals surface area contributed by atoms with Crippen LogP contribution in [0, 0.1) is 11.8 Å². The molecule has 1 aliphatic carbocycles. The van der Waals surface area contributed by atoms with Crippen molar-refractivity contribution < 1.29 is 18.0 Å². The first-order valence-electron chi connectivity index (χ1n) is 9.38. The molecule has 1 aliphatic heterocycles. The molecule has 148 valence electrons. The van der Waals surface area contributed by atoms with Crippen LogP contribution in [0.2, 0.25) is 0 Å². The van der Waals surface area contributed by atoms with Gasteiger partial charge in [-0.1, -0.05) is 13.8 Å². The summed E-state index contributed by atoms with van der Waals surface area (Å²) in [7, 11) is -3.79. The van der Waals surface area contributed by atoms with Crippen molar-refractivity contribution in [3.05, 3.63) is 29.8 Å². The van der Waals surface area contributed by atoms with Gasteiger partial charge in [0.15, 0.2) is 0 Å². The van der Waals surface area contributed by atoms with E-state index in [1.165, 1.54) is 37.1 Å². The fraction of sp³-hybridized carbons (Fsp3) is 0.579. The van der Waals surface area contributed by atoms with Crippen molar-refractivity contribution in [3.63, 3.8) is 0 Å². The Balaban J connectivity index is 1.79. The van der Waals surface area contributed by atoms with Gasteiger partial charge in [0.25, 0.3) is 5.91 Å². The number of amides is 2. The van der Waals surface area contributed by atoms with E-state index in [-0.39, 0.29) is 28.7 Å². The van der Waals surface area contributed by atoms with Gasteiger partial charge in [-0.25, -0.2) is 13.6 Å². The highest BCUT2D eigenvalue weighted by Crippen LogP contribution is 2.32. The first-order chi connectivity index (χ1) is 12.7. The fourth-order valence-corrected chi connectivity index (χ4v) is 4.03. The van der Waals surface area contributed by atoms with Gasteiger partial charge in [0.05, 0.1) is 10.9 Å². The summed E-state index contributed by atoms with van der Waals surface area (Å²) in [5.74, 6) is 0.761. The van der Waals surface area contributed by atoms with Gasteiger partial charge in [-0.3, -0.25) is 9.59 Å². The monoisotopic (exact) mass is 393 g/mol. The van der Waals surface area contributed by atoms with E-state index in [1.54, 1.807) is 4.90 Å². The van der Waals surface area contributed by atoms with Crippen LogP contribution in [0.25, 0.3) is 0 Å². The Morgan fingerprint density at radius 2 is 1.85 bits per heavy atom. The minimum atomic E-state index is -3.79. The van der Waals surface area contributed by atoms with Crippen molar-refractivity contribution in [2.24, 2.45) is 17.0 Å². The molecular weight excluding hydrogens is 366 g/mol. The van der Waals surface area contributed by atoms with Gasteiger partial charge in [0, 0.05) is 31.6 Å². The van der Waals surface area contributed by atoms with Crippen molar-refractivity contribution in [2.45, 2.75) is 44.0 Å². The zero-order valence-corrected chi connectivity index (χ0v) is 16.6. The summed E-state index contributed by atoms with van der Waals surface area (Å²) in [6.07, 6.45) is 2.66. The quantitative estimate of drug-likeness (QED) is 0.818. The van der Waals surface area contributed by atoms with Crippen molar-refractivity contribution in [2.75, 3.05) is 19.6 Å². The molecule has 0 unspecified atom stereocenters. The van der Waals surface area contributed by atoms with Crippen molar-refractivity contribution in [1.29, 1.82) is 0 Å². The SMILES string of the molecule is CC(C)[C@H]1CN(C(=O)c2ccc(S(N)(=O)=O)cc2)CCC(=O)N1CC1CC1. The first-order valence-corrected chi connectivity index (χ1v) is 10.9. The van der Waals surface area contributed by atoms with Gasteiger partial charge in [0.1, 0.15) is 0 Å². The molecule has 0 spiro atoms. The van der Waals surface area contributed by atoms with Crippen molar-refractivity contribution in [3.8, 4) is 0 Å². The molecule has 0 radical (unpaired) electrons. The second kappa shape index (κ2) is 7.59. The topological polar surface area (TPSA) is 101 Å². The zero-order valence-electron chi connectivity index (χ0n) is 15.8. The summed E-state index contributed by atoms with van der Waals surface area (Å²) in [4.78, 5) is 29.3. The summed E-state index contributed by atoms with van der Waals surface area (Å²) in [5, 5.41) is 5.11. The second-order valence-electron chi connectivity index (χ2n) is 7.87. The predicted octanol–water partition coefficient (Wildman–Crippen LogP) is 1.44. The lowest BCUT2D eigenvalue weighted by atomic mass is 10.0. The zero-order chi connectivity index (χ0) is 19.8. The third-order valence-electron chi connectivity index (χ3n) is 5.36. The number of nitrogens with zero attached hydrogens (tertiary/aromatic N) is 2. The van der Waals surface area contributed by atoms with E-state index in [0.717, 1.165) is 6.54 Å². The van der Waals surface area contributed by atoms with Crippen LogP contribution in [0.4, 0.5) is 0 Å². The normalized spacial score (nSPS) is 21.5. The van der Waals surface area contributed by atoms with Gasteiger partial charge in [0.2, 0.25) is 15.9 Å². The number of carbonyl (C=O) groups excluding carboxylic acids is 2. The fourth-order valence-electron chi connectivity index (χ4n) is 3.52. The Hall–Kier alpha value is -1.93. The Morgan fingerprint density at radius 3 is 2.37 bits per heavy atom. The minimum Gasteiger partial charge on any atom is -0.337 e. The summed E-state index contributed by atoms with van der Waals surface area (Å²) < 4.78 is 22.8. The number of rotatable bonds is 5. The molecule has 0 aromatic heterocycles. The highest BCUT2D eigenvalue weighted by Gasteiger charge is 2.36. The van der Waals surface area contributed by atoms with Gasteiger partial charge in [-0.15, -0.1) is 0 Å². The maximum Gasteiger partial charge on any atom is 0.253 e. The molecule has 2 aliphatic rings. The highest BCUT2D eigenvalue weighted by molar-refractivity contribution is 7.89. The average molecular weight is 394 g/mol. The minimum absolute atomic E-state index is 0.00626. The van der Waals surface area contributed by atoms with Crippen molar-refractivity contribution in [1.82, 2.24) is 9.80 Å². The summed E-state index contributed by atoms with van der Waals surface area (Å²) in [5.41, 5.74) is 0.396. The van der Waals surface area contributed by atoms with Crippen molar-refractivity contribution >= 4 is 21.8 Å². The molecular formula is C19H27N3O4S. The summed E-state index contributed by atoms with van der Waals surface area (Å²) in [6.45, 7) is 5.80. The Bertz CT molecular complexity index is 816. The second-order valence-corrected chi connectivity index (χ2v) is 9.43. The van der Waals surface area contributed by atoms with Crippen LogP contribution in [0.3, 0.4) is 0 Å². The molecule has 1 aromatic rings. The first kappa shape index (κ1) is 19.8. The molecule has 7 nitrogen and oxygen atoms in total. The molecule has 2 N–H and O–H groups in total. The lowest BCUT2D eigenvalue weighted by Crippen LogP contribution is -2.48. The molecule has 1 saturated carbocycles. The molecule has 8 heteroatoms. The number of primary sulfonamides is 1. The predicted molar refractivity (Wildman–Crippen MR) is 101 cm³/mol. The number of hydrogen-bond acceptors (Lipinski definition) is 4. The maximum absolute atomic E-state index is 12.9.